The number of ether oxygens (including phenoxy) is 1. The minimum absolute atomic E-state index is 0.00981. The van der Waals surface area contributed by atoms with Gasteiger partial charge >= 0.3 is 6.09 Å². The number of carbonyl (C=O) groups excluding carboxylic acids is 1. The Bertz CT molecular complexity index is 637. The van der Waals surface area contributed by atoms with Crippen LogP contribution in [-0.4, -0.2) is 41.2 Å². The number of halogens is 1. The third kappa shape index (κ3) is 5.77. The van der Waals surface area contributed by atoms with Crippen LogP contribution in [0.2, 0.25) is 5.02 Å². The number of rotatable bonds is 4. The molecule has 8 heteroatoms. The summed E-state index contributed by atoms with van der Waals surface area (Å²) in [4.78, 5) is 24.4. The number of anilines is 1. The van der Waals surface area contributed by atoms with Gasteiger partial charge in [-0.2, -0.15) is 0 Å². The number of hydrogen-bond donors (Lipinski definition) is 1. The number of nitro benzene ring substituents is 1. The van der Waals surface area contributed by atoms with Gasteiger partial charge in [-0.1, -0.05) is 11.6 Å². The van der Waals surface area contributed by atoms with Crippen LogP contribution in [0.3, 0.4) is 0 Å². The van der Waals surface area contributed by atoms with Gasteiger partial charge < -0.3 is 15.0 Å². The average Bonchev–Trinajstić information content (AvgIpc) is 2.51. The summed E-state index contributed by atoms with van der Waals surface area (Å²) in [7, 11) is 0. The lowest BCUT2D eigenvalue weighted by atomic mass is 9.97. The first-order valence-corrected chi connectivity index (χ1v) is 8.69. The summed E-state index contributed by atoms with van der Waals surface area (Å²) in [5.41, 5.74) is -0.0660. The molecular weight excluding hydrogens is 346 g/mol. The molecule has 1 N–H and O–H groups in total. The maximum absolute atomic E-state index is 12.1. The summed E-state index contributed by atoms with van der Waals surface area (Å²) in [6.45, 7) is 7.39. The van der Waals surface area contributed by atoms with Crippen LogP contribution in [0, 0.1) is 16.0 Å². The highest BCUT2D eigenvalue weighted by Crippen LogP contribution is 2.28. The maximum atomic E-state index is 12.1. The monoisotopic (exact) mass is 369 g/mol. The number of nitrogens with zero attached hydrogens (tertiary/aromatic N) is 2. The van der Waals surface area contributed by atoms with Gasteiger partial charge in [-0.25, -0.2) is 4.79 Å². The Morgan fingerprint density at radius 2 is 2.04 bits per heavy atom. The quantitative estimate of drug-likeness (QED) is 0.631. The van der Waals surface area contributed by atoms with Gasteiger partial charge in [-0.05, 0) is 51.7 Å². The zero-order valence-electron chi connectivity index (χ0n) is 14.8. The smallest absolute Gasteiger partial charge is 0.410 e. The average molecular weight is 370 g/mol. The van der Waals surface area contributed by atoms with Crippen molar-refractivity contribution in [3.63, 3.8) is 0 Å². The molecule has 138 valence electrons. The van der Waals surface area contributed by atoms with Crippen LogP contribution in [0.15, 0.2) is 18.2 Å². The number of piperidine rings is 1. The van der Waals surface area contributed by atoms with Gasteiger partial charge in [0.25, 0.3) is 5.69 Å². The highest BCUT2D eigenvalue weighted by Gasteiger charge is 2.27. The topological polar surface area (TPSA) is 84.7 Å². The normalized spacial score (nSPS) is 15.8. The van der Waals surface area contributed by atoms with E-state index in [9.17, 15) is 14.9 Å². The Balaban J connectivity index is 1.86. The summed E-state index contributed by atoms with van der Waals surface area (Å²) in [6, 6.07) is 4.47. The molecule has 0 bridgehead atoms. The lowest BCUT2D eigenvalue weighted by molar-refractivity contribution is -0.384. The second kappa shape index (κ2) is 7.91. The van der Waals surface area contributed by atoms with Gasteiger partial charge in [0.05, 0.1) is 4.92 Å². The molecule has 0 saturated carbocycles. The van der Waals surface area contributed by atoms with Crippen molar-refractivity contribution in [1.82, 2.24) is 4.90 Å². The van der Waals surface area contributed by atoms with Crippen LogP contribution in [-0.2, 0) is 4.74 Å². The van der Waals surface area contributed by atoms with Crippen molar-refractivity contribution < 1.29 is 14.5 Å². The van der Waals surface area contributed by atoms with Crippen LogP contribution >= 0.6 is 11.6 Å². The first kappa shape index (κ1) is 19.3. The SMILES string of the molecule is CC(C)(C)OC(=O)N1CCC(CNc2cc(Cl)ccc2[N+](=O)[O-])CC1. The molecule has 1 aromatic rings. The van der Waals surface area contributed by atoms with Crippen molar-refractivity contribution in [2.75, 3.05) is 25.0 Å². The number of hydrogen-bond acceptors (Lipinski definition) is 5. The van der Waals surface area contributed by atoms with Crippen LogP contribution in [0.1, 0.15) is 33.6 Å². The number of likely N-dealkylation sites (tertiary alicyclic amines) is 1. The molecule has 2 rings (SSSR count). The summed E-state index contributed by atoms with van der Waals surface area (Å²) in [5, 5.41) is 14.7. The van der Waals surface area contributed by atoms with Gasteiger partial charge in [0, 0.05) is 30.7 Å². The number of carbonyl (C=O) groups is 1. The summed E-state index contributed by atoms with van der Waals surface area (Å²) >= 11 is 5.93. The zero-order valence-corrected chi connectivity index (χ0v) is 15.5. The van der Waals surface area contributed by atoms with E-state index in [0.717, 1.165) is 12.8 Å². The minimum atomic E-state index is -0.499. The molecule has 1 heterocycles. The minimum Gasteiger partial charge on any atom is -0.444 e. The van der Waals surface area contributed by atoms with E-state index in [1.807, 2.05) is 20.8 Å². The van der Waals surface area contributed by atoms with Gasteiger partial charge in [-0.3, -0.25) is 10.1 Å². The summed E-state index contributed by atoms with van der Waals surface area (Å²) < 4.78 is 5.38. The van der Waals surface area contributed by atoms with E-state index < -0.39 is 10.5 Å². The van der Waals surface area contributed by atoms with Gasteiger partial charge in [0.1, 0.15) is 11.3 Å². The van der Waals surface area contributed by atoms with Crippen molar-refractivity contribution in [3.05, 3.63) is 33.3 Å². The fourth-order valence-corrected chi connectivity index (χ4v) is 2.88. The molecule has 1 fully saturated rings. The van der Waals surface area contributed by atoms with Crippen molar-refractivity contribution >= 4 is 29.1 Å². The third-order valence-corrected chi connectivity index (χ3v) is 4.24. The second-order valence-electron chi connectivity index (χ2n) is 7.21. The number of benzene rings is 1. The molecule has 7 nitrogen and oxygen atoms in total. The number of amides is 1. The first-order valence-electron chi connectivity index (χ1n) is 8.31. The van der Waals surface area contributed by atoms with Crippen LogP contribution < -0.4 is 5.32 Å². The maximum Gasteiger partial charge on any atom is 0.410 e. The molecule has 0 radical (unpaired) electrons. The Labute approximate surface area is 152 Å². The zero-order chi connectivity index (χ0) is 18.6. The van der Waals surface area contributed by atoms with Gasteiger partial charge in [0.2, 0.25) is 0 Å². The highest BCUT2D eigenvalue weighted by atomic mass is 35.5. The molecule has 1 saturated heterocycles. The fourth-order valence-electron chi connectivity index (χ4n) is 2.71. The molecular formula is C17H24ClN3O4. The molecule has 1 aromatic carbocycles. The molecule has 0 unspecified atom stereocenters. The molecule has 0 aromatic heterocycles. The first-order chi connectivity index (χ1) is 11.7. The molecule has 0 atom stereocenters. The van der Waals surface area contributed by atoms with E-state index in [1.54, 1.807) is 11.0 Å². The van der Waals surface area contributed by atoms with Crippen LogP contribution in [0.4, 0.5) is 16.2 Å². The van der Waals surface area contributed by atoms with E-state index in [0.29, 0.717) is 36.3 Å². The van der Waals surface area contributed by atoms with E-state index in [-0.39, 0.29) is 11.8 Å². The Morgan fingerprint density at radius 3 is 2.60 bits per heavy atom. The standard InChI is InChI=1S/C17H24ClN3O4/c1-17(2,3)25-16(22)20-8-6-12(7-9-20)11-19-14-10-13(18)4-5-15(14)21(23)24/h4-5,10,12,19H,6-9,11H2,1-3H3. The van der Waals surface area contributed by atoms with E-state index in [1.165, 1.54) is 12.1 Å². The molecule has 0 aliphatic carbocycles. The summed E-state index contributed by atoms with van der Waals surface area (Å²) in [6.07, 6.45) is 1.35. The molecule has 1 amide bonds. The fraction of sp³-hybridized carbons (Fsp3) is 0.588. The van der Waals surface area contributed by atoms with E-state index in [2.05, 4.69) is 5.32 Å². The Kier molecular flexibility index (Phi) is 6.11. The third-order valence-electron chi connectivity index (χ3n) is 4.00. The molecule has 25 heavy (non-hydrogen) atoms. The summed E-state index contributed by atoms with van der Waals surface area (Å²) in [5.74, 6) is 0.331. The van der Waals surface area contributed by atoms with Crippen molar-refractivity contribution in [2.24, 2.45) is 5.92 Å². The van der Waals surface area contributed by atoms with Gasteiger partial charge in [0.15, 0.2) is 0 Å². The Morgan fingerprint density at radius 1 is 1.40 bits per heavy atom. The predicted octanol–water partition coefficient (Wildman–Crippen LogP) is 4.31. The number of nitro groups is 1. The van der Waals surface area contributed by atoms with Crippen molar-refractivity contribution in [2.45, 2.75) is 39.2 Å². The molecule has 1 aliphatic heterocycles. The highest BCUT2D eigenvalue weighted by molar-refractivity contribution is 6.31. The number of nitrogens with one attached hydrogen (secondary N) is 1. The Hall–Kier alpha value is -2.02. The molecule has 0 spiro atoms. The van der Waals surface area contributed by atoms with Crippen molar-refractivity contribution in [1.29, 1.82) is 0 Å². The van der Waals surface area contributed by atoms with Gasteiger partial charge in [-0.15, -0.1) is 0 Å². The van der Waals surface area contributed by atoms with Crippen LogP contribution in [0.25, 0.3) is 0 Å². The molecule has 1 aliphatic rings. The lowest BCUT2D eigenvalue weighted by Gasteiger charge is -2.33. The van der Waals surface area contributed by atoms with E-state index >= 15 is 0 Å². The second-order valence-corrected chi connectivity index (χ2v) is 7.65. The lowest BCUT2D eigenvalue weighted by Crippen LogP contribution is -2.42. The largest absolute Gasteiger partial charge is 0.444 e. The van der Waals surface area contributed by atoms with E-state index in [4.69, 9.17) is 16.3 Å². The predicted molar refractivity (Wildman–Crippen MR) is 97.1 cm³/mol. The van der Waals surface area contributed by atoms with Crippen LogP contribution in [0.5, 0.6) is 0 Å². The van der Waals surface area contributed by atoms with Crippen molar-refractivity contribution in [3.8, 4) is 0 Å².